The lowest BCUT2D eigenvalue weighted by atomic mass is 10.1. The number of carboxylic acids is 1. The third-order valence-electron chi connectivity index (χ3n) is 3.65. The number of nitrogens with one attached hydrogen (secondary N) is 1. The second-order valence-electron chi connectivity index (χ2n) is 5.03. The number of pyridine rings is 1. The summed E-state index contributed by atoms with van der Waals surface area (Å²) in [6.07, 6.45) is 3.36. The molecule has 1 fully saturated rings. The number of aryl methyl sites for hydroxylation is 1. The lowest BCUT2D eigenvalue weighted by Gasteiger charge is -2.16. The quantitative estimate of drug-likeness (QED) is 0.756. The van der Waals surface area contributed by atoms with Crippen molar-refractivity contribution in [2.75, 3.05) is 11.9 Å². The Morgan fingerprint density at radius 2 is 2.26 bits per heavy atom. The first-order chi connectivity index (χ1) is 9.10. The molecule has 104 valence electrons. The molecule has 3 N–H and O–H groups in total. The van der Waals surface area contributed by atoms with Crippen LogP contribution in [0.3, 0.4) is 0 Å². The van der Waals surface area contributed by atoms with Gasteiger partial charge in [-0.2, -0.15) is 0 Å². The van der Waals surface area contributed by atoms with Crippen molar-refractivity contribution in [3.05, 3.63) is 23.4 Å². The molecule has 5 nitrogen and oxygen atoms in total. The van der Waals surface area contributed by atoms with E-state index in [9.17, 15) is 9.90 Å². The van der Waals surface area contributed by atoms with E-state index in [0.717, 1.165) is 25.0 Å². The summed E-state index contributed by atoms with van der Waals surface area (Å²) in [5.74, 6) is -0.128. The van der Waals surface area contributed by atoms with E-state index in [1.807, 2.05) is 6.92 Å². The number of aliphatic hydroxyl groups is 1. The molecule has 2 atom stereocenters. The fraction of sp³-hybridized carbons (Fsp3) is 0.571. The third kappa shape index (κ3) is 3.44. The Morgan fingerprint density at radius 1 is 1.47 bits per heavy atom. The average Bonchev–Trinajstić information content (AvgIpc) is 2.81. The number of hydrogen-bond acceptors (Lipinski definition) is 4. The van der Waals surface area contributed by atoms with Gasteiger partial charge in [-0.15, -0.1) is 0 Å². The zero-order chi connectivity index (χ0) is 13.8. The molecule has 1 aliphatic carbocycles. The first kappa shape index (κ1) is 13.8. The smallest absolute Gasteiger partial charge is 0.335 e. The van der Waals surface area contributed by atoms with Crippen LogP contribution in [0.2, 0.25) is 0 Å². The molecule has 1 aliphatic rings. The van der Waals surface area contributed by atoms with Crippen molar-refractivity contribution in [1.82, 2.24) is 4.98 Å². The minimum atomic E-state index is -0.943. The van der Waals surface area contributed by atoms with Gasteiger partial charge in [-0.25, -0.2) is 9.78 Å². The molecule has 5 heteroatoms. The number of rotatable bonds is 5. The molecular weight excluding hydrogens is 244 g/mol. The summed E-state index contributed by atoms with van der Waals surface area (Å²) < 4.78 is 0. The minimum Gasteiger partial charge on any atom is -0.478 e. The van der Waals surface area contributed by atoms with Crippen LogP contribution < -0.4 is 5.32 Å². The molecule has 1 aromatic rings. The second-order valence-corrected chi connectivity index (χ2v) is 5.03. The SMILES string of the molecule is CCc1cc(C(=O)O)cc(NCC2CCCC2O)n1. The van der Waals surface area contributed by atoms with E-state index in [0.29, 0.717) is 18.8 Å². The van der Waals surface area contributed by atoms with Gasteiger partial charge in [0.25, 0.3) is 0 Å². The molecular formula is C14H20N2O3. The van der Waals surface area contributed by atoms with Gasteiger partial charge in [0.05, 0.1) is 11.7 Å². The molecule has 2 rings (SSSR count). The van der Waals surface area contributed by atoms with Crippen LogP contribution in [-0.2, 0) is 6.42 Å². The zero-order valence-electron chi connectivity index (χ0n) is 11.1. The highest BCUT2D eigenvalue weighted by atomic mass is 16.4. The number of hydrogen-bond donors (Lipinski definition) is 3. The van der Waals surface area contributed by atoms with Crippen LogP contribution >= 0.6 is 0 Å². The van der Waals surface area contributed by atoms with Crippen LogP contribution in [0.1, 0.15) is 42.2 Å². The van der Waals surface area contributed by atoms with Crippen LogP contribution in [0.5, 0.6) is 0 Å². The van der Waals surface area contributed by atoms with Crippen LogP contribution in [-0.4, -0.2) is 33.8 Å². The number of aromatic carboxylic acids is 1. The van der Waals surface area contributed by atoms with Crippen molar-refractivity contribution in [1.29, 1.82) is 0 Å². The maximum atomic E-state index is 11.0. The molecule has 0 saturated heterocycles. The highest BCUT2D eigenvalue weighted by Gasteiger charge is 2.24. The van der Waals surface area contributed by atoms with E-state index >= 15 is 0 Å². The molecule has 1 aromatic heterocycles. The first-order valence-corrected chi connectivity index (χ1v) is 6.76. The topological polar surface area (TPSA) is 82.5 Å². The van der Waals surface area contributed by atoms with E-state index in [2.05, 4.69) is 10.3 Å². The zero-order valence-corrected chi connectivity index (χ0v) is 11.1. The Balaban J connectivity index is 2.06. The standard InChI is InChI=1S/C14H20N2O3/c1-2-11-6-10(14(18)19)7-13(16-11)15-8-9-4-3-5-12(9)17/h6-7,9,12,17H,2-5,8H2,1H3,(H,15,16)(H,18,19). The van der Waals surface area contributed by atoms with Gasteiger partial charge in [0.15, 0.2) is 0 Å². The van der Waals surface area contributed by atoms with Crippen molar-refractivity contribution in [2.24, 2.45) is 5.92 Å². The third-order valence-corrected chi connectivity index (χ3v) is 3.65. The molecule has 19 heavy (non-hydrogen) atoms. The van der Waals surface area contributed by atoms with Crippen LogP contribution in [0.4, 0.5) is 5.82 Å². The van der Waals surface area contributed by atoms with Crippen LogP contribution in [0, 0.1) is 5.92 Å². The monoisotopic (exact) mass is 264 g/mol. The molecule has 2 unspecified atom stereocenters. The van der Waals surface area contributed by atoms with E-state index in [4.69, 9.17) is 5.11 Å². The summed E-state index contributed by atoms with van der Waals surface area (Å²) in [6.45, 7) is 2.58. The van der Waals surface area contributed by atoms with E-state index in [1.165, 1.54) is 0 Å². The van der Waals surface area contributed by atoms with Crippen molar-refractivity contribution < 1.29 is 15.0 Å². The van der Waals surface area contributed by atoms with Crippen LogP contribution in [0.15, 0.2) is 12.1 Å². The Morgan fingerprint density at radius 3 is 2.84 bits per heavy atom. The number of aromatic nitrogens is 1. The number of anilines is 1. The summed E-state index contributed by atoms with van der Waals surface area (Å²) >= 11 is 0. The van der Waals surface area contributed by atoms with Gasteiger partial charge >= 0.3 is 5.97 Å². The van der Waals surface area contributed by atoms with Gasteiger partial charge in [0.2, 0.25) is 0 Å². The number of carboxylic acid groups (broad SMARTS) is 1. The van der Waals surface area contributed by atoms with Crippen molar-refractivity contribution in [3.63, 3.8) is 0 Å². The van der Waals surface area contributed by atoms with Gasteiger partial charge in [0.1, 0.15) is 5.82 Å². The largest absolute Gasteiger partial charge is 0.478 e. The Bertz CT molecular complexity index is 462. The second kappa shape index (κ2) is 6.02. The fourth-order valence-corrected chi connectivity index (χ4v) is 2.47. The van der Waals surface area contributed by atoms with Crippen molar-refractivity contribution in [3.8, 4) is 0 Å². The predicted octanol–water partition coefficient (Wildman–Crippen LogP) is 1.92. The first-order valence-electron chi connectivity index (χ1n) is 6.76. The van der Waals surface area contributed by atoms with Gasteiger partial charge in [-0.3, -0.25) is 0 Å². The molecule has 0 aromatic carbocycles. The van der Waals surface area contributed by atoms with E-state index < -0.39 is 5.97 Å². The number of aliphatic hydroxyl groups excluding tert-OH is 1. The fourth-order valence-electron chi connectivity index (χ4n) is 2.47. The lowest BCUT2D eigenvalue weighted by molar-refractivity contribution is 0.0696. The highest BCUT2D eigenvalue weighted by Crippen LogP contribution is 2.25. The molecule has 1 saturated carbocycles. The molecule has 0 spiro atoms. The molecule has 0 bridgehead atoms. The number of carbonyl (C=O) groups is 1. The number of nitrogens with zero attached hydrogens (tertiary/aromatic N) is 1. The maximum absolute atomic E-state index is 11.0. The van der Waals surface area contributed by atoms with Crippen LogP contribution in [0.25, 0.3) is 0 Å². The van der Waals surface area contributed by atoms with Gasteiger partial charge in [-0.05, 0) is 31.4 Å². The summed E-state index contributed by atoms with van der Waals surface area (Å²) in [5.41, 5.74) is 1.01. The van der Waals surface area contributed by atoms with Crippen molar-refractivity contribution >= 4 is 11.8 Å². The van der Waals surface area contributed by atoms with E-state index in [-0.39, 0.29) is 17.6 Å². The highest BCUT2D eigenvalue weighted by molar-refractivity contribution is 5.88. The molecule has 0 amide bonds. The van der Waals surface area contributed by atoms with Gasteiger partial charge in [-0.1, -0.05) is 13.3 Å². The Labute approximate surface area is 112 Å². The van der Waals surface area contributed by atoms with E-state index in [1.54, 1.807) is 12.1 Å². The normalized spacial score (nSPS) is 22.4. The summed E-state index contributed by atoms with van der Waals surface area (Å²) in [4.78, 5) is 15.4. The molecule has 0 aliphatic heterocycles. The summed E-state index contributed by atoms with van der Waals surface area (Å²) in [7, 11) is 0. The summed E-state index contributed by atoms with van der Waals surface area (Å²) in [6, 6.07) is 3.14. The molecule has 1 heterocycles. The maximum Gasteiger partial charge on any atom is 0.335 e. The Hall–Kier alpha value is -1.62. The average molecular weight is 264 g/mol. The lowest BCUT2D eigenvalue weighted by Crippen LogP contribution is -2.22. The predicted molar refractivity (Wildman–Crippen MR) is 72.4 cm³/mol. The molecule has 0 radical (unpaired) electrons. The van der Waals surface area contributed by atoms with Crippen molar-refractivity contribution in [2.45, 2.75) is 38.7 Å². The summed E-state index contributed by atoms with van der Waals surface area (Å²) in [5, 5.41) is 22.0. The van der Waals surface area contributed by atoms with Gasteiger partial charge in [0, 0.05) is 18.2 Å². The van der Waals surface area contributed by atoms with Gasteiger partial charge < -0.3 is 15.5 Å². The minimum absolute atomic E-state index is 0.236. The Kier molecular flexibility index (Phi) is 4.37.